The molecule has 0 aromatic heterocycles. The molecule has 30 heavy (non-hydrogen) atoms. The third kappa shape index (κ3) is 10.2. The summed E-state index contributed by atoms with van der Waals surface area (Å²) in [4.78, 5) is 59.7. The second-order valence-electron chi connectivity index (χ2n) is 8.11. The van der Waals surface area contributed by atoms with Crippen LogP contribution in [0.5, 0.6) is 0 Å². The van der Waals surface area contributed by atoms with Crippen molar-refractivity contribution >= 4 is 29.6 Å². The molecule has 0 aliphatic heterocycles. The van der Waals surface area contributed by atoms with Crippen molar-refractivity contribution in [2.75, 3.05) is 0 Å². The van der Waals surface area contributed by atoms with E-state index in [0.717, 1.165) is 0 Å². The molecule has 11 heteroatoms. The Morgan fingerprint density at radius 3 is 1.77 bits per heavy atom. The Hall–Kier alpha value is -2.69. The lowest BCUT2D eigenvalue weighted by Crippen LogP contribution is -2.58. The molecule has 0 fully saturated rings. The van der Waals surface area contributed by atoms with Crippen molar-refractivity contribution in [3.05, 3.63) is 0 Å². The van der Waals surface area contributed by atoms with Crippen molar-refractivity contribution in [1.29, 1.82) is 0 Å². The molecule has 11 nitrogen and oxygen atoms in total. The number of hydrogen-bond donors (Lipinski definition) is 6. The SMILES string of the molecule is CC(C)C[C@H](NC(=O)[C@@H](NC(=O)[C@H](C)N)C(C)C)C(=O)N[C@@H](CCC(N)=O)C(=O)O. The number of primary amides is 1. The normalized spacial score (nSPS) is 15.1. The predicted molar refractivity (Wildman–Crippen MR) is 110 cm³/mol. The highest BCUT2D eigenvalue weighted by Crippen LogP contribution is 2.09. The van der Waals surface area contributed by atoms with E-state index in [0.29, 0.717) is 0 Å². The van der Waals surface area contributed by atoms with Crippen molar-refractivity contribution in [2.45, 2.75) is 78.0 Å². The molecule has 0 unspecified atom stereocenters. The first-order valence-electron chi connectivity index (χ1n) is 9.94. The second kappa shape index (κ2) is 12.8. The van der Waals surface area contributed by atoms with Crippen molar-refractivity contribution < 1.29 is 29.1 Å². The molecule has 4 atom stereocenters. The van der Waals surface area contributed by atoms with Gasteiger partial charge in [-0.2, -0.15) is 0 Å². The summed E-state index contributed by atoms with van der Waals surface area (Å²) < 4.78 is 0. The monoisotopic (exact) mass is 429 g/mol. The number of carbonyl (C=O) groups excluding carboxylic acids is 4. The smallest absolute Gasteiger partial charge is 0.326 e. The summed E-state index contributed by atoms with van der Waals surface area (Å²) in [5.74, 6) is -4.07. The minimum Gasteiger partial charge on any atom is -0.480 e. The highest BCUT2D eigenvalue weighted by molar-refractivity contribution is 5.94. The van der Waals surface area contributed by atoms with Gasteiger partial charge >= 0.3 is 5.97 Å². The fraction of sp³-hybridized carbons (Fsp3) is 0.737. The summed E-state index contributed by atoms with van der Waals surface area (Å²) in [6, 6.07) is -4.08. The maximum absolute atomic E-state index is 12.7. The molecule has 0 aliphatic rings. The van der Waals surface area contributed by atoms with Crippen LogP contribution in [-0.4, -0.2) is 58.9 Å². The topological polar surface area (TPSA) is 194 Å². The summed E-state index contributed by atoms with van der Waals surface area (Å²) in [6.07, 6.45) is -0.138. The number of nitrogens with one attached hydrogen (secondary N) is 3. The van der Waals surface area contributed by atoms with Crippen LogP contribution in [0.25, 0.3) is 0 Å². The molecule has 172 valence electrons. The molecule has 0 aliphatic carbocycles. The highest BCUT2D eigenvalue weighted by Gasteiger charge is 2.31. The summed E-state index contributed by atoms with van der Waals surface area (Å²) in [7, 11) is 0. The van der Waals surface area contributed by atoms with Gasteiger partial charge in [0.2, 0.25) is 23.6 Å². The Labute approximate surface area is 176 Å². The molecular formula is C19H35N5O6. The fourth-order valence-electron chi connectivity index (χ4n) is 2.60. The molecule has 8 N–H and O–H groups in total. The van der Waals surface area contributed by atoms with Gasteiger partial charge in [-0.15, -0.1) is 0 Å². The quantitative estimate of drug-likeness (QED) is 0.212. The van der Waals surface area contributed by atoms with E-state index >= 15 is 0 Å². The molecule has 0 bridgehead atoms. The second-order valence-corrected chi connectivity index (χ2v) is 8.11. The third-order valence-corrected chi connectivity index (χ3v) is 4.29. The van der Waals surface area contributed by atoms with Gasteiger partial charge in [0.15, 0.2) is 0 Å². The zero-order valence-electron chi connectivity index (χ0n) is 18.2. The molecule has 0 spiro atoms. The molecule has 0 rings (SSSR count). The molecule has 0 heterocycles. The number of nitrogens with two attached hydrogens (primary N) is 2. The molecule has 0 aromatic rings. The lowest BCUT2D eigenvalue weighted by atomic mass is 9.99. The fourth-order valence-corrected chi connectivity index (χ4v) is 2.60. The lowest BCUT2D eigenvalue weighted by molar-refractivity contribution is -0.142. The Kier molecular flexibility index (Phi) is 11.6. The van der Waals surface area contributed by atoms with Crippen LogP contribution in [0.3, 0.4) is 0 Å². The van der Waals surface area contributed by atoms with Gasteiger partial charge in [-0.1, -0.05) is 27.7 Å². The standard InChI is InChI=1S/C19H35N5O6/c1-9(2)8-13(17(27)22-12(19(29)30)6-7-14(21)25)23-18(28)15(10(3)4)24-16(26)11(5)20/h9-13,15H,6-8,20H2,1-5H3,(H2,21,25)(H,22,27)(H,23,28)(H,24,26)(H,29,30)/t11-,12-,13-,15-/m0/s1. The Balaban J connectivity index is 5.38. The van der Waals surface area contributed by atoms with Gasteiger partial charge in [-0.25, -0.2) is 4.79 Å². The van der Waals surface area contributed by atoms with Crippen LogP contribution in [0, 0.1) is 11.8 Å². The zero-order chi connectivity index (χ0) is 23.6. The minimum atomic E-state index is -1.32. The number of carbonyl (C=O) groups is 5. The van der Waals surface area contributed by atoms with Crippen LogP contribution in [0.1, 0.15) is 53.9 Å². The predicted octanol–water partition coefficient (Wildman–Crippen LogP) is -1.16. The van der Waals surface area contributed by atoms with E-state index in [-0.39, 0.29) is 31.1 Å². The van der Waals surface area contributed by atoms with Crippen LogP contribution in [0.15, 0.2) is 0 Å². The van der Waals surface area contributed by atoms with E-state index < -0.39 is 53.8 Å². The first-order valence-corrected chi connectivity index (χ1v) is 9.94. The van der Waals surface area contributed by atoms with Gasteiger partial charge in [-0.05, 0) is 31.6 Å². The zero-order valence-corrected chi connectivity index (χ0v) is 18.2. The number of carboxylic acids is 1. The van der Waals surface area contributed by atoms with Gasteiger partial charge in [0.1, 0.15) is 18.1 Å². The van der Waals surface area contributed by atoms with E-state index in [1.54, 1.807) is 13.8 Å². The van der Waals surface area contributed by atoms with Crippen molar-refractivity contribution in [3.8, 4) is 0 Å². The Morgan fingerprint density at radius 1 is 0.833 bits per heavy atom. The van der Waals surface area contributed by atoms with Gasteiger partial charge in [0, 0.05) is 6.42 Å². The summed E-state index contributed by atoms with van der Waals surface area (Å²) in [5.41, 5.74) is 10.6. The lowest BCUT2D eigenvalue weighted by Gasteiger charge is -2.27. The summed E-state index contributed by atoms with van der Waals surface area (Å²) >= 11 is 0. The Morgan fingerprint density at radius 2 is 1.37 bits per heavy atom. The molecule has 0 saturated heterocycles. The van der Waals surface area contributed by atoms with Gasteiger partial charge in [0.05, 0.1) is 6.04 Å². The number of aliphatic carboxylic acids is 1. The van der Waals surface area contributed by atoms with Crippen molar-refractivity contribution in [1.82, 2.24) is 16.0 Å². The van der Waals surface area contributed by atoms with E-state index in [1.807, 2.05) is 13.8 Å². The molecule has 0 saturated carbocycles. The molecule has 0 aromatic carbocycles. The van der Waals surface area contributed by atoms with Gasteiger partial charge in [-0.3, -0.25) is 19.2 Å². The minimum absolute atomic E-state index is 0.00565. The van der Waals surface area contributed by atoms with Crippen molar-refractivity contribution in [2.24, 2.45) is 23.3 Å². The Bertz CT molecular complexity index is 635. The number of rotatable bonds is 13. The molecular weight excluding hydrogens is 394 g/mol. The maximum atomic E-state index is 12.7. The van der Waals surface area contributed by atoms with E-state index in [2.05, 4.69) is 16.0 Å². The van der Waals surface area contributed by atoms with Crippen LogP contribution >= 0.6 is 0 Å². The van der Waals surface area contributed by atoms with Crippen LogP contribution in [0.4, 0.5) is 0 Å². The van der Waals surface area contributed by atoms with E-state index in [1.165, 1.54) is 6.92 Å². The first-order chi connectivity index (χ1) is 13.8. The number of hydrogen-bond acceptors (Lipinski definition) is 6. The average Bonchev–Trinajstić information content (AvgIpc) is 2.60. The highest BCUT2D eigenvalue weighted by atomic mass is 16.4. The van der Waals surface area contributed by atoms with Crippen LogP contribution in [0.2, 0.25) is 0 Å². The molecule has 4 amide bonds. The largest absolute Gasteiger partial charge is 0.480 e. The van der Waals surface area contributed by atoms with Gasteiger partial charge in [0.25, 0.3) is 0 Å². The van der Waals surface area contributed by atoms with Crippen LogP contribution in [-0.2, 0) is 24.0 Å². The number of carboxylic acid groups (broad SMARTS) is 1. The van der Waals surface area contributed by atoms with Crippen molar-refractivity contribution in [3.63, 3.8) is 0 Å². The first kappa shape index (κ1) is 27.3. The summed E-state index contributed by atoms with van der Waals surface area (Å²) in [5, 5.41) is 16.8. The number of amides is 4. The van der Waals surface area contributed by atoms with E-state index in [4.69, 9.17) is 11.5 Å². The molecule has 0 radical (unpaired) electrons. The third-order valence-electron chi connectivity index (χ3n) is 4.29. The maximum Gasteiger partial charge on any atom is 0.326 e. The van der Waals surface area contributed by atoms with Crippen LogP contribution < -0.4 is 27.4 Å². The van der Waals surface area contributed by atoms with Gasteiger partial charge < -0.3 is 32.5 Å². The summed E-state index contributed by atoms with van der Waals surface area (Å²) in [6.45, 7) is 8.62. The van der Waals surface area contributed by atoms with E-state index in [9.17, 15) is 29.1 Å². The average molecular weight is 430 g/mol.